The number of hydrogen-bond donors (Lipinski definition) is 1. The predicted octanol–water partition coefficient (Wildman–Crippen LogP) is 5.25. The summed E-state index contributed by atoms with van der Waals surface area (Å²) >= 11 is 0. The van der Waals surface area contributed by atoms with E-state index in [-0.39, 0.29) is 24.3 Å². The largest absolute Gasteiger partial charge is 0.490 e. The number of carbonyl (C=O) groups is 1. The maximum atomic E-state index is 12.3. The lowest BCUT2D eigenvalue weighted by atomic mass is 9.98. The Labute approximate surface area is 217 Å². The number of nitrogens with zero attached hydrogens (tertiary/aromatic N) is 3. The molecule has 1 unspecified atom stereocenters. The molecule has 1 heterocycles. The third-order valence-electron chi connectivity index (χ3n) is 5.99. The van der Waals surface area contributed by atoms with Crippen LogP contribution in [-0.4, -0.2) is 51.9 Å². The summed E-state index contributed by atoms with van der Waals surface area (Å²) in [5.41, 5.74) is 1.60. The first-order valence-electron chi connectivity index (χ1n) is 12.2. The molecule has 196 valence electrons. The molecule has 1 fully saturated rings. The maximum absolute atomic E-state index is 12.3. The lowest BCUT2D eigenvalue weighted by molar-refractivity contribution is -0.385. The number of benzene rings is 2. The SMILES string of the molecule is C/C(=C\c1cccc(C#N)c1)C(O)Cc1cc(OC2CCN(C(=O)OC(C)(C)C)CC2)ccc1[N+](=O)[O-]. The molecule has 2 aromatic rings. The smallest absolute Gasteiger partial charge is 0.410 e. The summed E-state index contributed by atoms with van der Waals surface area (Å²) in [6, 6.07) is 13.6. The fourth-order valence-corrected chi connectivity index (χ4v) is 4.08. The van der Waals surface area contributed by atoms with Gasteiger partial charge in [-0.3, -0.25) is 10.1 Å². The number of nitro groups is 1. The number of aliphatic hydroxyl groups excluding tert-OH is 1. The highest BCUT2D eigenvalue weighted by Crippen LogP contribution is 2.29. The van der Waals surface area contributed by atoms with Crippen molar-refractivity contribution in [2.24, 2.45) is 0 Å². The van der Waals surface area contributed by atoms with E-state index in [1.807, 2.05) is 26.8 Å². The Morgan fingerprint density at radius 1 is 1.27 bits per heavy atom. The number of nitro benzene ring substituents is 1. The second-order valence-corrected chi connectivity index (χ2v) is 10.2. The molecular formula is C28H33N3O6. The fraction of sp³-hybridized carbons (Fsp3) is 0.429. The highest BCUT2D eigenvalue weighted by molar-refractivity contribution is 5.68. The second-order valence-electron chi connectivity index (χ2n) is 10.2. The van der Waals surface area contributed by atoms with Gasteiger partial charge in [0.25, 0.3) is 5.69 Å². The fourth-order valence-electron chi connectivity index (χ4n) is 4.08. The average molecular weight is 508 g/mol. The van der Waals surface area contributed by atoms with E-state index in [0.717, 1.165) is 5.56 Å². The summed E-state index contributed by atoms with van der Waals surface area (Å²) in [5.74, 6) is 0.479. The third-order valence-corrected chi connectivity index (χ3v) is 5.99. The highest BCUT2D eigenvalue weighted by atomic mass is 16.6. The van der Waals surface area contributed by atoms with Crippen LogP contribution >= 0.6 is 0 Å². The molecule has 0 bridgehead atoms. The monoisotopic (exact) mass is 507 g/mol. The van der Waals surface area contributed by atoms with Crippen molar-refractivity contribution in [3.8, 4) is 11.8 Å². The van der Waals surface area contributed by atoms with Gasteiger partial charge in [-0.25, -0.2) is 4.79 Å². The van der Waals surface area contributed by atoms with Crippen LogP contribution in [0.1, 0.15) is 57.2 Å². The minimum Gasteiger partial charge on any atom is -0.490 e. The van der Waals surface area contributed by atoms with Crippen molar-refractivity contribution in [1.29, 1.82) is 5.26 Å². The number of ether oxygens (including phenoxy) is 2. The minimum absolute atomic E-state index is 0.0326. The number of hydrogen-bond acceptors (Lipinski definition) is 7. The summed E-state index contributed by atoms with van der Waals surface area (Å²) in [4.78, 5) is 25.1. The van der Waals surface area contributed by atoms with E-state index in [1.54, 1.807) is 48.2 Å². The molecule has 1 amide bonds. The van der Waals surface area contributed by atoms with E-state index >= 15 is 0 Å². The van der Waals surface area contributed by atoms with E-state index in [4.69, 9.17) is 14.7 Å². The van der Waals surface area contributed by atoms with Crippen molar-refractivity contribution < 1.29 is 24.3 Å². The lowest BCUT2D eigenvalue weighted by Crippen LogP contribution is -2.44. The summed E-state index contributed by atoms with van der Waals surface area (Å²) < 4.78 is 11.5. The average Bonchev–Trinajstić information content (AvgIpc) is 2.83. The molecule has 1 aliphatic rings. The molecule has 9 nitrogen and oxygen atoms in total. The van der Waals surface area contributed by atoms with Gasteiger partial charge in [-0.2, -0.15) is 5.26 Å². The van der Waals surface area contributed by atoms with Gasteiger partial charge < -0.3 is 19.5 Å². The van der Waals surface area contributed by atoms with Crippen LogP contribution in [0.5, 0.6) is 5.75 Å². The van der Waals surface area contributed by atoms with Gasteiger partial charge >= 0.3 is 6.09 Å². The van der Waals surface area contributed by atoms with Crippen LogP contribution in [-0.2, 0) is 11.2 Å². The van der Waals surface area contributed by atoms with Crippen molar-refractivity contribution in [2.75, 3.05) is 13.1 Å². The Bertz CT molecular complexity index is 1200. The summed E-state index contributed by atoms with van der Waals surface area (Å²) in [7, 11) is 0. The van der Waals surface area contributed by atoms with E-state index in [0.29, 0.717) is 48.4 Å². The number of rotatable bonds is 7. The first kappa shape index (κ1) is 27.7. The van der Waals surface area contributed by atoms with Gasteiger partial charge in [0.15, 0.2) is 0 Å². The molecule has 1 saturated heterocycles. The van der Waals surface area contributed by atoms with Gasteiger partial charge in [0, 0.05) is 44.0 Å². The maximum Gasteiger partial charge on any atom is 0.410 e. The van der Waals surface area contributed by atoms with E-state index in [2.05, 4.69) is 6.07 Å². The molecule has 1 atom stereocenters. The molecule has 0 saturated carbocycles. The number of amides is 1. The molecule has 0 spiro atoms. The van der Waals surface area contributed by atoms with Crippen LogP contribution in [0.25, 0.3) is 6.08 Å². The molecule has 0 aliphatic carbocycles. The van der Waals surface area contributed by atoms with E-state index in [1.165, 1.54) is 6.07 Å². The Morgan fingerprint density at radius 3 is 2.59 bits per heavy atom. The topological polar surface area (TPSA) is 126 Å². The Balaban J connectivity index is 1.68. The van der Waals surface area contributed by atoms with Gasteiger partial charge in [-0.1, -0.05) is 18.2 Å². The minimum atomic E-state index is -0.961. The van der Waals surface area contributed by atoms with Crippen LogP contribution in [0.3, 0.4) is 0 Å². The molecule has 9 heteroatoms. The first-order valence-corrected chi connectivity index (χ1v) is 12.2. The van der Waals surface area contributed by atoms with Gasteiger partial charge in [0.1, 0.15) is 17.5 Å². The lowest BCUT2D eigenvalue weighted by Gasteiger charge is -2.33. The van der Waals surface area contributed by atoms with Crippen LogP contribution in [0.15, 0.2) is 48.0 Å². The standard InChI is InChI=1S/C28H33N3O6/c1-19(14-20-6-5-7-21(15-20)18-29)26(32)17-22-16-24(8-9-25(22)31(34)35)36-23-10-12-30(13-11-23)27(33)37-28(2,3)4/h5-9,14-16,23,26,32H,10-13,17H2,1-4H3/b19-14+. The van der Waals surface area contributed by atoms with Gasteiger partial charge in [-0.15, -0.1) is 0 Å². The zero-order valence-corrected chi connectivity index (χ0v) is 21.6. The second kappa shape index (κ2) is 11.9. The van der Waals surface area contributed by atoms with Crippen molar-refractivity contribution in [3.63, 3.8) is 0 Å². The molecule has 0 aromatic heterocycles. The molecule has 1 aliphatic heterocycles. The molecule has 1 N–H and O–H groups in total. The van der Waals surface area contributed by atoms with Gasteiger partial charge in [-0.05, 0) is 63.1 Å². The normalized spacial score (nSPS) is 15.6. The van der Waals surface area contributed by atoms with E-state index in [9.17, 15) is 20.0 Å². The Hall–Kier alpha value is -3.90. The summed E-state index contributed by atoms with van der Waals surface area (Å²) in [6.45, 7) is 8.21. The zero-order chi connectivity index (χ0) is 27.2. The quantitative estimate of drug-likeness (QED) is 0.400. The number of piperidine rings is 1. The molecule has 2 aromatic carbocycles. The number of nitriles is 1. The van der Waals surface area contributed by atoms with Crippen LogP contribution in [0.4, 0.5) is 10.5 Å². The highest BCUT2D eigenvalue weighted by Gasteiger charge is 2.28. The van der Waals surface area contributed by atoms with Crippen molar-refractivity contribution in [3.05, 3.63) is 74.8 Å². The summed E-state index contributed by atoms with van der Waals surface area (Å²) in [6.07, 6.45) is 1.56. The van der Waals surface area contributed by atoms with Gasteiger partial charge in [0.2, 0.25) is 0 Å². The van der Waals surface area contributed by atoms with Crippen LogP contribution < -0.4 is 4.74 Å². The van der Waals surface area contributed by atoms with Crippen LogP contribution in [0, 0.1) is 21.4 Å². The van der Waals surface area contributed by atoms with Crippen LogP contribution in [0.2, 0.25) is 0 Å². The molecular weight excluding hydrogens is 474 g/mol. The van der Waals surface area contributed by atoms with Crippen molar-refractivity contribution in [2.45, 2.75) is 64.8 Å². The zero-order valence-electron chi connectivity index (χ0n) is 21.6. The predicted molar refractivity (Wildman–Crippen MR) is 139 cm³/mol. The van der Waals surface area contributed by atoms with Crippen molar-refractivity contribution in [1.82, 2.24) is 4.90 Å². The van der Waals surface area contributed by atoms with Gasteiger partial charge in [0.05, 0.1) is 22.7 Å². The number of aliphatic hydroxyl groups is 1. The summed E-state index contributed by atoms with van der Waals surface area (Å²) in [5, 5.41) is 31.5. The Morgan fingerprint density at radius 2 is 1.97 bits per heavy atom. The van der Waals surface area contributed by atoms with Crippen molar-refractivity contribution >= 4 is 17.9 Å². The number of carbonyl (C=O) groups excluding carboxylic acids is 1. The first-order chi connectivity index (χ1) is 17.4. The van der Waals surface area contributed by atoms with E-state index < -0.39 is 16.6 Å². The number of likely N-dealkylation sites (tertiary alicyclic amines) is 1. The molecule has 0 radical (unpaired) electrons. The molecule has 3 rings (SSSR count). The Kier molecular flexibility index (Phi) is 8.90. The third kappa shape index (κ3) is 8.05. The molecule has 37 heavy (non-hydrogen) atoms.